The molecule has 0 aromatic carbocycles. The van der Waals surface area contributed by atoms with Gasteiger partial charge in [0.25, 0.3) is 0 Å². The second kappa shape index (κ2) is 14.1. The van der Waals surface area contributed by atoms with Crippen LogP contribution >= 0.6 is 0 Å². The minimum Gasteiger partial charge on any atom is -0.759 e. The molecule has 0 fully saturated rings. The third kappa shape index (κ3) is 2890. The smallest absolute Gasteiger partial charge is 0.759 e. The Morgan fingerprint density at radius 1 is 0.875 bits per heavy atom. The monoisotopic (exact) mass is 302 g/mol. The van der Waals surface area contributed by atoms with Crippen molar-refractivity contribution in [3.63, 3.8) is 0 Å². The third-order valence-electron chi connectivity index (χ3n) is 0. The van der Waals surface area contributed by atoms with Crippen LogP contribution in [0, 0.1) is 0 Å². The molecule has 0 saturated carbocycles. The summed E-state index contributed by atoms with van der Waals surface area (Å²) in [6.45, 7) is 0. The summed E-state index contributed by atoms with van der Waals surface area (Å²) < 4.78 is 65.7. The molecule has 4 N–H and O–H groups in total. The average molecular weight is 302 g/mol. The van der Waals surface area contributed by atoms with Crippen molar-refractivity contribution >= 4 is 27.0 Å². The maximum absolute atomic E-state index is 8.74. The fourth-order valence-corrected chi connectivity index (χ4v) is 0. The maximum atomic E-state index is 8.74. The largest absolute Gasteiger partial charge is 1.00 e. The molecule has 0 bridgehead atoms. The van der Waals surface area contributed by atoms with E-state index in [1.165, 1.54) is 0 Å². The van der Waals surface area contributed by atoms with Crippen molar-refractivity contribution in [1.82, 2.24) is 0 Å². The van der Waals surface area contributed by atoms with Crippen molar-refractivity contribution in [2.24, 2.45) is 0 Å². The molecule has 0 saturated heterocycles. The number of hydrogen-bond donors (Lipinski definition) is 4. The van der Waals surface area contributed by atoms with Crippen LogP contribution in [0.4, 0.5) is 4.79 Å². The molecule has 88 valence electrons. The molecule has 0 aromatic rings. The van der Waals surface area contributed by atoms with E-state index in [9.17, 15) is 0 Å². The van der Waals surface area contributed by atoms with Gasteiger partial charge in [0.1, 0.15) is 0 Å². The first-order valence-corrected chi connectivity index (χ1v) is 4.75. The molecule has 0 rings (SSSR count). The summed E-state index contributed by atoms with van der Waals surface area (Å²) in [4.78, 5) is 8.56. The molecule has 0 atom stereocenters. The van der Waals surface area contributed by atoms with Gasteiger partial charge in [0.05, 0.1) is 0 Å². The van der Waals surface area contributed by atoms with Crippen LogP contribution in [-0.2, 0) is 20.8 Å². The molecule has 0 unspecified atom stereocenters. The van der Waals surface area contributed by atoms with E-state index < -0.39 is 27.0 Å². The Morgan fingerprint density at radius 3 is 0.875 bits per heavy atom. The van der Waals surface area contributed by atoms with Crippen molar-refractivity contribution in [1.29, 1.82) is 0 Å². The second-order valence-electron chi connectivity index (χ2n) is 1.14. The van der Waals surface area contributed by atoms with E-state index in [0.29, 0.717) is 0 Å². The van der Waals surface area contributed by atoms with Crippen molar-refractivity contribution in [3.05, 3.63) is 0 Å². The van der Waals surface area contributed by atoms with E-state index in [-0.39, 0.29) is 59.1 Å². The summed E-state index contributed by atoms with van der Waals surface area (Å²) in [5.74, 6) is 0. The molecule has 11 nitrogen and oxygen atoms in total. The Bertz CT molecular complexity index is 288. The predicted molar refractivity (Wildman–Crippen MR) is 35.3 cm³/mol. The summed E-state index contributed by atoms with van der Waals surface area (Å²) in [6, 6.07) is 0. The summed E-state index contributed by atoms with van der Waals surface area (Å²) >= 11 is 0. The van der Waals surface area contributed by atoms with Crippen molar-refractivity contribution < 1.29 is 109 Å². The summed E-state index contributed by atoms with van der Waals surface area (Å²) in [6.07, 6.45) is -1.83. The Kier molecular flexibility index (Phi) is 26.6. The van der Waals surface area contributed by atoms with Gasteiger partial charge in [-0.25, -0.2) is 4.79 Å². The van der Waals surface area contributed by atoms with E-state index in [4.69, 9.17) is 50.1 Å². The molecule has 0 radical (unpaired) electrons. The Labute approximate surface area is 135 Å². The SMILES string of the molecule is O=C(O)O.O=S(=O)(O)O.O=S(=O)([O-])[O-].[Na+].[Na+]. The van der Waals surface area contributed by atoms with E-state index in [2.05, 4.69) is 0 Å². The normalized spacial score (nSPS) is 8.75. The van der Waals surface area contributed by atoms with Gasteiger partial charge < -0.3 is 19.3 Å². The predicted octanol–water partition coefficient (Wildman–Crippen LogP) is -7.76. The Morgan fingerprint density at radius 2 is 0.875 bits per heavy atom. The van der Waals surface area contributed by atoms with Gasteiger partial charge in [0, 0.05) is 10.4 Å². The molecule has 16 heavy (non-hydrogen) atoms. The zero-order chi connectivity index (χ0) is 12.6. The molecule has 0 amide bonds. The molecular weight excluding hydrogens is 298 g/mol. The van der Waals surface area contributed by atoms with Gasteiger partial charge >= 0.3 is 75.7 Å². The zero-order valence-corrected chi connectivity index (χ0v) is 13.6. The molecule has 15 heteroatoms. The van der Waals surface area contributed by atoms with Crippen LogP contribution in [-0.4, -0.2) is 51.4 Å². The maximum Gasteiger partial charge on any atom is 1.00 e. The van der Waals surface area contributed by atoms with Crippen molar-refractivity contribution in [2.45, 2.75) is 0 Å². The minimum absolute atomic E-state index is 0. The van der Waals surface area contributed by atoms with Crippen LogP contribution in [0.1, 0.15) is 0 Å². The minimum atomic E-state index is -5.17. The van der Waals surface area contributed by atoms with Gasteiger partial charge in [-0.3, -0.25) is 17.5 Å². The Hall–Kier alpha value is 1.01. The first-order chi connectivity index (χ1) is 5.73. The van der Waals surface area contributed by atoms with Crippen LogP contribution < -0.4 is 59.1 Å². The molecule has 0 aliphatic carbocycles. The van der Waals surface area contributed by atoms with Crippen LogP contribution in [0.3, 0.4) is 0 Å². The third-order valence-corrected chi connectivity index (χ3v) is 0. The van der Waals surface area contributed by atoms with Crippen LogP contribution in [0.15, 0.2) is 0 Å². The van der Waals surface area contributed by atoms with E-state index >= 15 is 0 Å². The fourth-order valence-electron chi connectivity index (χ4n) is 0. The van der Waals surface area contributed by atoms with E-state index in [1.54, 1.807) is 0 Å². The van der Waals surface area contributed by atoms with Crippen molar-refractivity contribution in [3.8, 4) is 0 Å². The standard InChI is InChI=1S/CH2O3.2Na.2H2O4S/c2-1(3)4;;;2*1-5(2,3)4/h(H2,2,3,4);;;2*(H2,1,2,3,4)/q;2*+1;;/p-2. The van der Waals surface area contributed by atoms with Crippen LogP contribution in [0.25, 0.3) is 0 Å². The number of carboxylic acid groups (broad SMARTS) is 2. The van der Waals surface area contributed by atoms with Crippen LogP contribution in [0.5, 0.6) is 0 Å². The van der Waals surface area contributed by atoms with Gasteiger partial charge in [0.15, 0.2) is 0 Å². The topological polar surface area (TPSA) is 212 Å². The molecule has 0 aliphatic rings. The van der Waals surface area contributed by atoms with E-state index in [0.717, 1.165) is 0 Å². The first kappa shape index (κ1) is 30.2. The zero-order valence-electron chi connectivity index (χ0n) is 7.96. The van der Waals surface area contributed by atoms with Gasteiger partial charge in [-0.2, -0.15) is 8.42 Å². The summed E-state index contributed by atoms with van der Waals surface area (Å²) in [5, 5.41) is 13.9. The summed E-state index contributed by atoms with van der Waals surface area (Å²) in [5.41, 5.74) is 0. The number of rotatable bonds is 0. The number of carbonyl (C=O) groups is 1. The van der Waals surface area contributed by atoms with Gasteiger partial charge in [-0.1, -0.05) is 0 Å². The quantitative estimate of drug-likeness (QED) is 0.187. The molecule has 0 spiro atoms. The first-order valence-electron chi connectivity index (χ1n) is 2.02. The fraction of sp³-hybridized carbons (Fsp3) is 0. The molecular formula is CH4Na2O11S2. The number of hydrogen-bond acceptors (Lipinski definition) is 7. The molecule has 0 aromatic heterocycles. The van der Waals surface area contributed by atoms with Crippen molar-refractivity contribution in [2.75, 3.05) is 0 Å². The average Bonchev–Trinajstić information content (AvgIpc) is 1.45. The van der Waals surface area contributed by atoms with E-state index in [1.807, 2.05) is 0 Å². The van der Waals surface area contributed by atoms with Crippen LogP contribution in [0.2, 0.25) is 0 Å². The molecule has 0 aliphatic heterocycles. The molecule has 0 heterocycles. The second-order valence-corrected chi connectivity index (χ2v) is 2.85. The van der Waals surface area contributed by atoms with Gasteiger partial charge in [-0.15, -0.1) is 0 Å². The van der Waals surface area contributed by atoms with Gasteiger partial charge in [0.2, 0.25) is 0 Å². The summed E-state index contributed by atoms with van der Waals surface area (Å²) in [7, 11) is -9.83. The van der Waals surface area contributed by atoms with Gasteiger partial charge in [-0.05, 0) is 0 Å². The Balaban J connectivity index is -0.0000000358.